The summed E-state index contributed by atoms with van der Waals surface area (Å²) in [5.41, 5.74) is 2.75. The Morgan fingerprint density at radius 1 is 1.00 bits per heavy atom. The molecule has 0 heterocycles. The van der Waals surface area contributed by atoms with E-state index in [9.17, 15) is 18.0 Å². The number of nitrogens with one attached hydrogen (secondary N) is 2. The highest BCUT2D eigenvalue weighted by Gasteiger charge is 2.16. The fourth-order valence-electron chi connectivity index (χ4n) is 2.36. The van der Waals surface area contributed by atoms with Crippen molar-refractivity contribution in [3.8, 4) is 0 Å². The van der Waals surface area contributed by atoms with Crippen LogP contribution in [-0.2, 0) is 19.6 Å². The van der Waals surface area contributed by atoms with E-state index in [1.165, 1.54) is 24.3 Å². The molecule has 0 aliphatic heterocycles. The Bertz CT molecular complexity index is 967. The zero-order valence-corrected chi connectivity index (χ0v) is 17.1. The minimum absolute atomic E-state index is 0.0292. The first-order chi connectivity index (χ1) is 13.1. The number of sulfonamides is 1. The summed E-state index contributed by atoms with van der Waals surface area (Å²) < 4.78 is 32.5. The predicted octanol–water partition coefficient (Wildman–Crippen LogP) is 2.79. The van der Waals surface area contributed by atoms with Gasteiger partial charge in [-0.25, -0.2) is 8.42 Å². The first kappa shape index (κ1) is 21.4. The molecule has 0 bridgehead atoms. The van der Waals surface area contributed by atoms with Crippen molar-refractivity contribution in [2.24, 2.45) is 0 Å². The van der Waals surface area contributed by atoms with Gasteiger partial charge in [-0.1, -0.05) is 6.07 Å². The Balaban J connectivity index is 2.05. The number of rotatable bonds is 7. The minimum Gasteiger partial charge on any atom is -0.462 e. The molecular formula is C20H24N2O5S. The lowest BCUT2D eigenvalue weighted by Gasteiger charge is -2.11. The van der Waals surface area contributed by atoms with Crippen molar-refractivity contribution in [2.75, 3.05) is 11.3 Å². The average Bonchev–Trinajstić information content (AvgIpc) is 2.62. The third-order valence-electron chi connectivity index (χ3n) is 3.95. The Hall–Kier alpha value is -2.87. The fraction of sp³-hybridized carbons (Fsp3) is 0.300. The smallest absolute Gasteiger partial charge is 0.325 e. The van der Waals surface area contributed by atoms with Gasteiger partial charge in [0.05, 0.1) is 11.0 Å². The number of hydrogen-bond donors (Lipinski definition) is 2. The van der Waals surface area contributed by atoms with E-state index < -0.39 is 21.9 Å². The molecule has 150 valence electrons. The van der Waals surface area contributed by atoms with E-state index in [1.54, 1.807) is 26.0 Å². The molecule has 0 radical (unpaired) electrons. The van der Waals surface area contributed by atoms with Gasteiger partial charge in [-0.05, 0) is 75.2 Å². The zero-order valence-electron chi connectivity index (χ0n) is 16.3. The molecule has 8 heteroatoms. The third kappa shape index (κ3) is 5.82. The van der Waals surface area contributed by atoms with Crippen LogP contribution in [0.25, 0.3) is 0 Å². The Labute approximate surface area is 165 Å². The lowest BCUT2D eigenvalue weighted by molar-refractivity contribution is -0.146. The molecule has 28 heavy (non-hydrogen) atoms. The summed E-state index contributed by atoms with van der Waals surface area (Å²) >= 11 is 0. The summed E-state index contributed by atoms with van der Waals surface area (Å²) in [6, 6.07) is 10.7. The molecule has 1 amide bonds. The Morgan fingerprint density at radius 3 is 2.21 bits per heavy atom. The van der Waals surface area contributed by atoms with Gasteiger partial charge in [-0.15, -0.1) is 0 Å². The van der Waals surface area contributed by atoms with E-state index in [1.807, 2.05) is 19.9 Å². The molecule has 0 aliphatic rings. The molecule has 0 spiro atoms. The molecule has 2 aromatic carbocycles. The highest BCUT2D eigenvalue weighted by molar-refractivity contribution is 7.92. The minimum atomic E-state index is -3.78. The normalized spacial score (nSPS) is 11.2. The highest BCUT2D eigenvalue weighted by Crippen LogP contribution is 2.19. The second-order valence-electron chi connectivity index (χ2n) is 6.65. The van der Waals surface area contributed by atoms with E-state index in [2.05, 4.69) is 10.0 Å². The van der Waals surface area contributed by atoms with E-state index >= 15 is 0 Å². The van der Waals surface area contributed by atoms with E-state index in [0.717, 1.165) is 11.1 Å². The molecule has 0 atom stereocenters. The first-order valence-electron chi connectivity index (χ1n) is 8.76. The molecular weight excluding hydrogens is 380 g/mol. The summed E-state index contributed by atoms with van der Waals surface area (Å²) in [6.45, 7) is 7.01. The number of benzene rings is 2. The topological polar surface area (TPSA) is 102 Å². The van der Waals surface area contributed by atoms with Crippen molar-refractivity contribution in [3.63, 3.8) is 0 Å². The van der Waals surface area contributed by atoms with Gasteiger partial charge in [0.15, 0.2) is 0 Å². The molecule has 0 unspecified atom stereocenters. The highest BCUT2D eigenvalue weighted by atomic mass is 32.2. The standard InChI is InChI=1S/C20H24N2O5S/c1-13(2)27-19(23)12-21-20(24)16-6-9-18(10-7-16)28(25,26)22-17-8-5-14(3)15(4)11-17/h5-11,13,22H,12H2,1-4H3,(H,21,24). The Morgan fingerprint density at radius 2 is 1.64 bits per heavy atom. The number of hydrogen-bond acceptors (Lipinski definition) is 5. The maximum atomic E-state index is 12.5. The van der Waals surface area contributed by atoms with Gasteiger partial charge in [0, 0.05) is 11.3 Å². The monoisotopic (exact) mass is 404 g/mol. The second-order valence-corrected chi connectivity index (χ2v) is 8.33. The van der Waals surface area contributed by atoms with Gasteiger partial charge in [0.2, 0.25) is 0 Å². The zero-order chi connectivity index (χ0) is 20.9. The van der Waals surface area contributed by atoms with Gasteiger partial charge >= 0.3 is 5.97 Å². The molecule has 0 fully saturated rings. The number of anilines is 1. The summed E-state index contributed by atoms with van der Waals surface area (Å²) in [5.74, 6) is -1.04. The lowest BCUT2D eigenvalue weighted by Crippen LogP contribution is -2.31. The van der Waals surface area contributed by atoms with Gasteiger partial charge in [0.1, 0.15) is 6.54 Å². The first-order valence-corrected chi connectivity index (χ1v) is 10.2. The van der Waals surface area contributed by atoms with Crippen LogP contribution in [0.5, 0.6) is 0 Å². The van der Waals surface area contributed by atoms with Crippen LogP contribution in [0.3, 0.4) is 0 Å². The van der Waals surface area contributed by atoms with Crippen LogP contribution >= 0.6 is 0 Å². The fourth-order valence-corrected chi connectivity index (χ4v) is 3.41. The van der Waals surface area contributed by atoms with Crippen LogP contribution in [0.15, 0.2) is 47.4 Å². The summed E-state index contributed by atoms with van der Waals surface area (Å²) in [6.07, 6.45) is -0.265. The van der Waals surface area contributed by atoms with Crippen LogP contribution in [0.4, 0.5) is 5.69 Å². The van der Waals surface area contributed by atoms with Gasteiger partial charge in [-0.3, -0.25) is 14.3 Å². The molecule has 0 saturated carbocycles. The summed E-state index contributed by atoms with van der Waals surface area (Å²) in [7, 11) is -3.78. The van der Waals surface area contributed by atoms with Crippen molar-refractivity contribution in [3.05, 3.63) is 59.2 Å². The largest absolute Gasteiger partial charge is 0.462 e. The SMILES string of the molecule is Cc1ccc(NS(=O)(=O)c2ccc(C(=O)NCC(=O)OC(C)C)cc2)cc1C. The van der Waals surface area contributed by atoms with E-state index in [0.29, 0.717) is 5.69 Å². The average molecular weight is 404 g/mol. The summed E-state index contributed by atoms with van der Waals surface area (Å²) in [4.78, 5) is 23.6. The van der Waals surface area contributed by atoms with Crippen molar-refractivity contribution >= 4 is 27.6 Å². The number of carbonyl (C=O) groups is 2. The molecule has 0 aliphatic carbocycles. The molecule has 2 N–H and O–H groups in total. The van der Waals surface area contributed by atoms with E-state index in [4.69, 9.17) is 4.74 Å². The van der Waals surface area contributed by atoms with Crippen LogP contribution < -0.4 is 10.0 Å². The molecule has 7 nitrogen and oxygen atoms in total. The Kier molecular flexibility index (Phi) is 6.80. The molecule has 2 rings (SSSR count). The molecule has 0 aromatic heterocycles. The number of ether oxygens (including phenoxy) is 1. The number of aryl methyl sites for hydroxylation is 2. The number of carbonyl (C=O) groups excluding carboxylic acids is 2. The quantitative estimate of drug-likeness (QED) is 0.691. The third-order valence-corrected chi connectivity index (χ3v) is 5.34. The van der Waals surface area contributed by atoms with E-state index in [-0.39, 0.29) is 23.1 Å². The predicted molar refractivity (Wildman–Crippen MR) is 107 cm³/mol. The van der Waals surface area contributed by atoms with Crippen LogP contribution in [0, 0.1) is 13.8 Å². The van der Waals surface area contributed by atoms with Crippen LogP contribution in [0.1, 0.15) is 35.3 Å². The van der Waals surface area contributed by atoms with Crippen molar-refractivity contribution < 1.29 is 22.7 Å². The van der Waals surface area contributed by atoms with Crippen LogP contribution in [0.2, 0.25) is 0 Å². The van der Waals surface area contributed by atoms with Crippen molar-refractivity contribution in [1.29, 1.82) is 0 Å². The lowest BCUT2D eigenvalue weighted by atomic mass is 10.1. The van der Waals surface area contributed by atoms with Gasteiger partial charge in [-0.2, -0.15) is 0 Å². The van der Waals surface area contributed by atoms with Crippen LogP contribution in [-0.4, -0.2) is 32.9 Å². The number of esters is 1. The summed E-state index contributed by atoms with van der Waals surface area (Å²) in [5, 5.41) is 2.44. The number of amides is 1. The van der Waals surface area contributed by atoms with Crippen molar-refractivity contribution in [2.45, 2.75) is 38.7 Å². The van der Waals surface area contributed by atoms with Crippen molar-refractivity contribution in [1.82, 2.24) is 5.32 Å². The molecule has 2 aromatic rings. The second kappa shape index (κ2) is 8.88. The maximum absolute atomic E-state index is 12.5. The van der Waals surface area contributed by atoms with Gasteiger partial charge < -0.3 is 10.1 Å². The maximum Gasteiger partial charge on any atom is 0.325 e. The van der Waals surface area contributed by atoms with Gasteiger partial charge in [0.25, 0.3) is 15.9 Å². The molecule has 0 saturated heterocycles.